The number of pyridine rings is 1. The van der Waals surface area contributed by atoms with E-state index >= 15 is 0 Å². The van der Waals surface area contributed by atoms with Gasteiger partial charge in [-0.25, -0.2) is 14.6 Å². The lowest BCUT2D eigenvalue weighted by Crippen LogP contribution is -2.15. The lowest BCUT2D eigenvalue weighted by atomic mass is 10.1. The topological polar surface area (TPSA) is 86.7 Å². The van der Waals surface area contributed by atoms with Gasteiger partial charge < -0.3 is 5.73 Å². The van der Waals surface area contributed by atoms with Crippen molar-refractivity contribution in [1.82, 2.24) is 19.7 Å². The van der Waals surface area contributed by atoms with Crippen LogP contribution >= 0.6 is 0 Å². The van der Waals surface area contributed by atoms with E-state index in [4.69, 9.17) is 5.73 Å². The van der Waals surface area contributed by atoms with E-state index < -0.39 is 11.9 Å². The zero-order chi connectivity index (χ0) is 18.0. The Bertz CT molecular complexity index is 957. The van der Waals surface area contributed by atoms with Gasteiger partial charge >= 0.3 is 0 Å². The molecule has 2 aromatic heterocycles. The van der Waals surface area contributed by atoms with Crippen LogP contribution in [-0.4, -0.2) is 25.7 Å². The molecule has 1 aromatic carbocycles. The van der Waals surface area contributed by atoms with Crippen LogP contribution in [0.3, 0.4) is 0 Å². The Morgan fingerprint density at radius 3 is 2.56 bits per heavy atom. The van der Waals surface area contributed by atoms with Gasteiger partial charge in [-0.15, -0.1) is 5.10 Å². The Morgan fingerprint density at radius 2 is 1.92 bits per heavy atom. The van der Waals surface area contributed by atoms with E-state index in [9.17, 15) is 9.18 Å². The van der Waals surface area contributed by atoms with Gasteiger partial charge in [-0.1, -0.05) is 17.2 Å². The molecular weight excluding hydrogens is 321 g/mol. The first-order chi connectivity index (χ1) is 11.9. The van der Waals surface area contributed by atoms with Crippen molar-refractivity contribution in [2.24, 2.45) is 5.73 Å². The third kappa shape index (κ3) is 3.60. The highest BCUT2D eigenvalue weighted by molar-refractivity contribution is 6.22. The minimum atomic E-state index is -0.782. The van der Waals surface area contributed by atoms with E-state index in [-0.39, 0.29) is 11.1 Å². The average Bonchev–Trinajstić information content (AvgIpc) is 3.01. The van der Waals surface area contributed by atoms with Crippen LogP contribution in [0.25, 0.3) is 23.2 Å². The molecule has 0 aliphatic heterocycles. The number of primary amides is 1. The maximum Gasteiger partial charge on any atom is 0.251 e. The third-order valence-electron chi connectivity index (χ3n) is 3.56. The number of carbonyl (C=O) groups excluding carboxylic acids is 1. The number of aromatic nitrogens is 4. The molecule has 0 unspecified atom stereocenters. The predicted octanol–water partition coefficient (Wildman–Crippen LogP) is 2.58. The molecule has 0 aliphatic carbocycles. The molecule has 1 amide bonds. The zero-order valence-corrected chi connectivity index (χ0v) is 13.8. The highest BCUT2D eigenvalue weighted by Crippen LogP contribution is 2.20. The number of amides is 1. The molecule has 3 rings (SSSR count). The van der Waals surface area contributed by atoms with Crippen LogP contribution in [0.1, 0.15) is 16.7 Å². The summed E-state index contributed by atoms with van der Waals surface area (Å²) >= 11 is 0. The van der Waals surface area contributed by atoms with E-state index in [0.717, 1.165) is 16.7 Å². The van der Waals surface area contributed by atoms with Crippen molar-refractivity contribution in [3.8, 4) is 11.4 Å². The molecule has 126 valence electrons. The van der Waals surface area contributed by atoms with Crippen molar-refractivity contribution in [1.29, 1.82) is 0 Å². The highest BCUT2D eigenvalue weighted by atomic mass is 19.1. The quantitative estimate of drug-likeness (QED) is 0.585. The Hall–Kier alpha value is -3.35. The summed E-state index contributed by atoms with van der Waals surface area (Å²) in [5, 5.41) is 4.32. The number of hydrogen-bond donors (Lipinski definition) is 1. The Kier molecular flexibility index (Phi) is 4.38. The standard InChI is InChI=1S/C18H16FN5O/c1-11-6-12(2)8-13(7-11)18-22-10-24(23-18)9-15(17(20)25)14-4-3-5-21-16(14)19/h3-10H,1-2H3,(H2,20,25). The number of halogens is 1. The van der Waals surface area contributed by atoms with Gasteiger partial charge in [0.25, 0.3) is 5.91 Å². The fourth-order valence-electron chi connectivity index (χ4n) is 2.56. The molecule has 0 saturated carbocycles. The minimum absolute atomic E-state index is 0.0125. The largest absolute Gasteiger partial charge is 0.366 e. The molecule has 0 atom stereocenters. The van der Waals surface area contributed by atoms with Crippen molar-refractivity contribution in [2.45, 2.75) is 13.8 Å². The van der Waals surface area contributed by atoms with Crippen LogP contribution in [0, 0.1) is 19.8 Å². The maximum absolute atomic E-state index is 13.9. The second-order valence-corrected chi connectivity index (χ2v) is 5.67. The molecule has 7 heteroatoms. The van der Waals surface area contributed by atoms with Gasteiger partial charge in [0.2, 0.25) is 5.95 Å². The van der Waals surface area contributed by atoms with Gasteiger partial charge in [-0.3, -0.25) is 4.79 Å². The van der Waals surface area contributed by atoms with Crippen LogP contribution in [-0.2, 0) is 4.79 Å². The lowest BCUT2D eigenvalue weighted by Gasteiger charge is -2.04. The van der Waals surface area contributed by atoms with Gasteiger partial charge in [0.05, 0.1) is 5.57 Å². The number of benzene rings is 1. The Morgan fingerprint density at radius 1 is 1.20 bits per heavy atom. The van der Waals surface area contributed by atoms with Gasteiger partial charge in [-0.2, -0.15) is 4.39 Å². The summed E-state index contributed by atoms with van der Waals surface area (Å²) in [6.45, 7) is 3.98. The average molecular weight is 337 g/mol. The summed E-state index contributed by atoms with van der Waals surface area (Å²) in [6, 6.07) is 8.94. The summed E-state index contributed by atoms with van der Waals surface area (Å²) < 4.78 is 15.2. The maximum atomic E-state index is 13.9. The first kappa shape index (κ1) is 16.5. The molecule has 0 fully saturated rings. The number of rotatable bonds is 4. The second-order valence-electron chi connectivity index (χ2n) is 5.67. The molecule has 25 heavy (non-hydrogen) atoms. The van der Waals surface area contributed by atoms with E-state index in [0.29, 0.717) is 5.82 Å². The number of aryl methyl sites for hydroxylation is 2. The van der Waals surface area contributed by atoms with E-state index in [1.54, 1.807) is 0 Å². The molecule has 6 nitrogen and oxygen atoms in total. The van der Waals surface area contributed by atoms with Crippen LogP contribution in [0.15, 0.2) is 42.9 Å². The van der Waals surface area contributed by atoms with Crippen molar-refractivity contribution in [3.05, 3.63) is 65.5 Å². The molecule has 0 saturated heterocycles. The highest BCUT2D eigenvalue weighted by Gasteiger charge is 2.15. The van der Waals surface area contributed by atoms with Crippen LogP contribution in [0.2, 0.25) is 0 Å². The van der Waals surface area contributed by atoms with Gasteiger partial charge in [0.1, 0.15) is 6.33 Å². The smallest absolute Gasteiger partial charge is 0.251 e. The van der Waals surface area contributed by atoms with Crippen molar-refractivity contribution < 1.29 is 9.18 Å². The van der Waals surface area contributed by atoms with Crippen LogP contribution < -0.4 is 5.73 Å². The molecule has 2 heterocycles. The zero-order valence-electron chi connectivity index (χ0n) is 13.8. The van der Waals surface area contributed by atoms with Crippen molar-refractivity contribution >= 4 is 17.7 Å². The predicted molar refractivity (Wildman–Crippen MR) is 92.5 cm³/mol. The number of carbonyl (C=O) groups is 1. The van der Waals surface area contributed by atoms with Crippen LogP contribution in [0.5, 0.6) is 0 Å². The molecule has 2 N–H and O–H groups in total. The molecule has 3 aromatic rings. The molecular formula is C18H16FN5O. The normalized spacial score (nSPS) is 11.6. The van der Waals surface area contributed by atoms with Crippen molar-refractivity contribution in [2.75, 3.05) is 0 Å². The van der Waals surface area contributed by atoms with Gasteiger partial charge in [0.15, 0.2) is 5.82 Å². The van der Waals surface area contributed by atoms with E-state index in [2.05, 4.69) is 21.1 Å². The molecule has 0 bridgehead atoms. The SMILES string of the molecule is Cc1cc(C)cc(-c2ncn(C=C(C(N)=O)c3cccnc3F)n2)c1. The minimum Gasteiger partial charge on any atom is -0.366 e. The lowest BCUT2D eigenvalue weighted by molar-refractivity contribution is -0.112. The molecule has 0 aliphatic rings. The fraction of sp³-hybridized carbons (Fsp3) is 0.111. The fourth-order valence-corrected chi connectivity index (χ4v) is 2.56. The van der Waals surface area contributed by atoms with Gasteiger partial charge in [0, 0.05) is 23.5 Å². The summed E-state index contributed by atoms with van der Waals surface area (Å²) in [7, 11) is 0. The summed E-state index contributed by atoms with van der Waals surface area (Å²) in [4.78, 5) is 19.5. The van der Waals surface area contributed by atoms with E-state index in [1.165, 1.54) is 35.5 Å². The molecule has 0 spiro atoms. The Labute approximate surface area is 143 Å². The first-order valence-electron chi connectivity index (χ1n) is 7.56. The third-order valence-corrected chi connectivity index (χ3v) is 3.56. The van der Waals surface area contributed by atoms with E-state index in [1.807, 2.05) is 26.0 Å². The second kappa shape index (κ2) is 6.64. The van der Waals surface area contributed by atoms with Crippen LogP contribution in [0.4, 0.5) is 4.39 Å². The van der Waals surface area contributed by atoms with Crippen molar-refractivity contribution in [3.63, 3.8) is 0 Å². The monoisotopic (exact) mass is 337 g/mol. The number of hydrogen-bond acceptors (Lipinski definition) is 4. The Balaban J connectivity index is 2.02. The number of nitrogens with two attached hydrogens (primary N) is 1. The summed E-state index contributed by atoms with van der Waals surface area (Å²) in [5.41, 5.74) is 8.40. The first-order valence-corrected chi connectivity index (χ1v) is 7.56. The summed E-state index contributed by atoms with van der Waals surface area (Å²) in [5.74, 6) is -1.06. The van der Waals surface area contributed by atoms with Gasteiger partial charge in [-0.05, 0) is 38.1 Å². The summed E-state index contributed by atoms with van der Waals surface area (Å²) in [6.07, 6.45) is 4.07. The number of nitrogens with zero attached hydrogens (tertiary/aromatic N) is 4. The molecule has 0 radical (unpaired) electrons.